The largest absolute Gasteiger partial charge is 0.469 e. The van der Waals surface area contributed by atoms with Crippen LogP contribution < -0.4 is 10.0 Å². The lowest BCUT2D eigenvalue weighted by atomic mass is 10.0. The molecule has 0 spiro atoms. The standard InChI is InChI=1S/C25H25FN2O5S/c1-16-7-8-17(2)23(13-16)34(31,32)28-21-6-4-5-19(14-21)25(30)27-22(15-24(29)33-3)18-9-11-20(26)12-10-18/h4-14,22,28H,15H2,1-3H3,(H,27,30). The molecule has 0 fully saturated rings. The first-order valence-corrected chi connectivity index (χ1v) is 11.9. The number of amides is 1. The summed E-state index contributed by atoms with van der Waals surface area (Å²) in [5, 5.41) is 2.73. The molecule has 3 rings (SSSR count). The van der Waals surface area contributed by atoms with E-state index in [0.29, 0.717) is 11.1 Å². The average Bonchev–Trinajstić information content (AvgIpc) is 2.80. The fourth-order valence-electron chi connectivity index (χ4n) is 3.37. The molecule has 1 unspecified atom stereocenters. The molecule has 1 amide bonds. The number of aryl methyl sites for hydroxylation is 2. The van der Waals surface area contributed by atoms with Gasteiger partial charge in [-0.3, -0.25) is 14.3 Å². The van der Waals surface area contributed by atoms with Gasteiger partial charge in [0.2, 0.25) is 0 Å². The van der Waals surface area contributed by atoms with Crippen LogP contribution >= 0.6 is 0 Å². The van der Waals surface area contributed by atoms with Crippen molar-refractivity contribution in [3.63, 3.8) is 0 Å². The van der Waals surface area contributed by atoms with Crippen molar-refractivity contribution < 1.29 is 27.1 Å². The highest BCUT2D eigenvalue weighted by Crippen LogP contribution is 2.23. The van der Waals surface area contributed by atoms with Crippen molar-refractivity contribution in [2.45, 2.75) is 31.2 Å². The van der Waals surface area contributed by atoms with E-state index in [0.717, 1.165) is 5.56 Å². The van der Waals surface area contributed by atoms with Gasteiger partial charge in [-0.05, 0) is 66.9 Å². The first-order chi connectivity index (χ1) is 16.1. The average molecular weight is 485 g/mol. The highest BCUT2D eigenvalue weighted by Gasteiger charge is 2.21. The van der Waals surface area contributed by atoms with Crippen LogP contribution in [0.25, 0.3) is 0 Å². The normalized spacial score (nSPS) is 12.0. The van der Waals surface area contributed by atoms with Crippen molar-refractivity contribution in [3.05, 3.63) is 94.8 Å². The van der Waals surface area contributed by atoms with Crippen LogP contribution in [0.15, 0.2) is 71.6 Å². The number of carbonyl (C=O) groups excluding carboxylic acids is 2. The van der Waals surface area contributed by atoms with Gasteiger partial charge in [-0.1, -0.05) is 30.3 Å². The summed E-state index contributed by atoms with van der Waals surface area (Å²) in [6.45, 7) is 3.50. The summed E-state index contributed by atoms with van der Waals surface area (Å²) in [4.78, 5) is 24.9. The number of methoxy groups -OCH3 is 1. The Morgan fingerprint density at radius 3 is 2.38 bits per heavy atom. The Hall–Kier alpha value is -3.72. The van der Waals surface area contributed by atoms with E-state index in [4.69, 9.17) is 4.74 Å². The van der Waals surface area contributed by atoms with Crippen LogP contribution in [0.4, 0.5) is 10.1 Å². The summed E-state index contributed by atoms with van der Waals surface area (Å²) < 4.78 is 46.3. The summed E-state index contributed by atoms with van der Waals surface area (Å²) in [5.41, 5.74) is 2.30. The van der Waals surface area contributed by atoms with Crippen molar-refractivity contribution >= 4 is 27.6 Å². The van der Waals surface area contributed by atoms with Gasteiger partial charge in [0.25, 0.3) is 15.9 Å². The van der Waals surface area contributed by atoms with Gasteiger partial charge in [0.05, 0.1) is 24.5 Å². The molecule has 2 N–H and O–H groups in total. The van der Waals surface area contributed by atoms with Crippen LogP contribution in [0.5, 0.6) is 0 Å². The number of rotatable bonds is 8. The van der Waals surface area contributed by atoms with Gasteiger partial charge < -0.3 is 10.1 Å². The maximum atomic E-state index is 13.3. The molecule has 0 radical (unpaired) electrons. The molecule has 3 aromatic rings. The number of hydrogen-bond donors (Lipinski definition) is 2. The molecule has 34 heavy (non-hydrogen) atoms. The first-order valence-electron chi connectivity index (χ1n) is 10.4. The molecule has 9 heteroatoms. The molecule has 3 aromatic carbocycles. The molecule has 0 aliphatic heterocycles. The first kappa shape index (κ1) is 24.9. The number of anilines is 1. The van der Waals surface area contributed by atoms with Gasteiger partial charge in [0, 0.05) is 11.3 Å². The Morgan fingerprint density at radius 2 is 1.71 bits per heavy atom. The van der Waals surface area contributed by atoms with Crippen molar-refractivity contribution in [1.82, 2.24) is 5.32 Å². The van der Waals surface area contributed by atoms with E-state index in [2.05, 4.69) is 10.0 Å². The Labute approximate surface area is 198 Å². The Balaban J connectivity index is 1.83. The topological polar surface area (TPSA) is 102 Å². The van der Waals surface area contributed by atoms with Crippen LogP contribution in [0, 0.1) is 19.7 Å². The maximum Gasteiger partial charge on any atom is 0.307 e. The zero-order valence-electron chi connectivity index (χ0n) is 19.0. The Morgan fingerprint density at radius 1 is 1.00 bits per heavy atom. The summed E-state index contributed by atoms with van der Waals surface area (Å²) >= 11 is 0. The molecule has 7 nitrogen and oxygen atoms in total. The third kappa shape index (κ3) is 6.20. The lowest BCUT2D eigenvalue weighted by molar-refractivity contribution is -0.141. The fourth-order valence-corrected chi connectivity index (χ4v) is 4.75. The van der Waals surface area contributed by atoms with Crippen LogP contribution in [0.2, 0.25) is 0 Å². The molecule has 1 atom stereocenters. The molecular formula is C25H25FN2O5S. The zero-order valence-corrected chi connectivity index (χ0v) is 19.8. The third-order valence-corrected chi connectivity index (χ3v) is 6.71. The maximum absolute atomic E-state index is 13.3. The number of nitrogens with one attached hydrogen (secondary N) is 2. The van der Waals surface area contributed by atoms with Crippen molar-refractivity contribution in [2.75, 3.05) is 11.8 Å². The Bertz CT molecular complexity index is 1310. The quantitative estimate of drug-likeness (QED) is 0.465. The number of sulfonamides is 1. The van der Waals surface area contributed by atoms with Crippen molar-refractivity contribution in [3.8, 4) is 0 Å². The number of esters is 1. The summed E-state index contributed by atoms with van der Waals surface area (Å²) in [6, 6.07) is 15.8. The van der Waals surface area contributed by atoms with Crippen LogP contribution in [0.3, 0.4) is 0 Å². The van der Waals surface area contributed by atoms with Crippen molar-refractivity contribution in [2.24, 2.45) is 0 Å². The van der Waals surface area contributed by atoms with Gasteiger partial charge in [-0.15, -0.1) is 0 Å². The number of benzene rings is 3. The van der Waals surface area contributed by atoms with E-state index in [1.165, 1.54) is 49.6 Å². The number of ether oxygens (including phenoxy) is 1. The minimum absolute atomic E-state index is 0.150. The molecule has 0 aliphatic carbocycles. The summed E-state index contributed by atoms with van der Waals surface area (Å²) in [5.74, 6) is -1.54. The number of carbonyl (C=O) groups is 2. The van der Waals surface area contributed by atoms with Gasteiger partial charge in [0.15, 0.2) is 0 Å². The van der Waals surface area contributed by atoms with Crippen molar-refractivity contribution in [1.29, 1.82) is 0 Å². The van der Waals surface area contributed by atoms with Gasteiger partial charge in [0.1, 0.15) is 5.82 Å². The van der Waals surface area contributed by atoms with E-state index in [1.54, 1.807) is 32.0 Å². The molecule has 0 aromatic heterocycles. The predicted octanol–water partition coefficient (Wildman–Crippen LogP) is 4.28. The highest BCUT2D eigenvalue weighted by molar-refractivity contribution is 7.92. The van der Waals surface area contributed by atoms with Crippen LogP contribution in [-0.2, 0) is 19.6 Å². The molecule has 178 valence electrons. The van der Waals surface area contributed by atoms with E-state index in [1.807, 2.05) is 6.07 Å². The number of hydrogen-bond acceptors (Lipinski definition) is 5. The van der Waals surface area contributed by atoms with Gasteiger partial charge >= 0.3 is 5.97 Å². The van der Waals surface area contributed by atoms with Gasteiger partial charge in [-0.2, -0.15) is 0 Å². The fraction of sp³-hybridized carbons (Fsp3) is 0.200. The summed E-state index contributed by atoms with van der Waals surface area (Å²) in [6.07, 6.45) is -0.160. The van der Waals surface area contributed by atoms with Crippen LogP contribution in [-0.4, -0.2) is 27.4 Å². The van der Waals surface area contributed by atoms with Crippen LogP contribution in [0.1, 0.15) is 39.5 Å². The molecule has 0 bridgehead atoms. The predicted molar refractivity (Wildman–Crippen MR) is 126 cm³/mol. The van der Waals surface area contributed by atoms with E-state index in [-0.39, 0.29) is 22.6 Å². The smallest absolute Gasteiger partial charge is 0.307 e. The van der Waals surface area contributed by atoms with E-state index < -0.39 is 33.8 Å². The Kier molecular flexibility index (Phi) is 7.68. The molecular weight excluding hydrogens is 459 g/mol. The van der Waals surface area contributed by atoms with E-state index >= 15 is 0 Å². The SMILES string of the molecule is COC(=O)CC(NC(=O)c1cccc(NS(=O)(=O)c2cc(C)ccc2C)c1)c1ccc(F)cc1. The molecule has 0 saturated heterocycles. The second kappa shape index (κ2) is 10.5. The monoisotopic (exact) mass is 484 g/mol. The number of halogens is 1. The second-order valence-corrected chi connectivity index (χ2v) is 9.46. The third-order valence-electron chi connectivity index (χ3n) is 5.19. The molecule has 0 heterocycles. The summed E-state index contributed by atoms with van der Waals surface area (Å²) in [7, 11) is -2.64. The highest BCUT2D eigenvalue weighted by atomic mass is 32.2. The zero-order chi connectivity index (χ0) is 24.9. The minimum atomic E-state index is -3.88. The van der Waals surface area contributed by atoms with Gasteiger partial charge in [-0.25, -0.2) is 12.8 Å². The molecule has 0 aliphatic rings. The lowest BCUT2D eigenvalue weighted by Crippen LogP contribution is -2.30. The van der Waals surface area contributed by atoms with E-state index in [9.17, 15) is 22.4 Å². The lowest BCUT2D eigenvalue weighted by Gasteiger charge is -2.19. The second-order valence-electron chi connectivity index (χ2n) is 7.81. The minimum Gasteiger partial charge on any atom is -0.469 e. The molecule has 0 saturated carbocycles.